The highest BCUT2D eigenvalue weighted by molar-refractivity contribution is 7.24. The Morgan fingerprint density at radius 1 is 0.789 bits per heavy atom. The molecule has 5 aromatic rings. The van der Waals surface area contributed by atoms with Crippen LogP contribution >= 0.6 is 11.3 Å². The van der Waals surface area contributed by atoms with Gasteiger partial charge in [0.25, 0.3) is 5.91 Å². The van der Waals surface area contributed by atoms with E-state index in [-0.39, 0.29) is 11.3 Å². The molecule has 0 unspecified atom stereocenters. The molecule has 38 heavy (non-hydrogen) atoms. The van der Waals surface area contributed by atoms with Crippen LogP contribution in [0.2, 0.25) is 0 Å². The molecule has 0 fully saturated rings. The number of rotatable bonds is 10. The lowest BCUT2D eigenvalue weighted by atomic mass is 10.1. The smallest absolute Gasteiger partial charge is 0.257 e. The summed E-state index contributed by atoms with van der Waals surface area (Å²) in [4.78, 5) is 26.1. The zero-order chi connectivity index (χ0) is 26.3. The molecule has 1 amide bonds. The fourth-order valence-electron chi connectivity index (χ4n) is 4.52. The Kier molecular flexibility index (Phi) is 8.12. The van der Waals surface area contributed by atoms with Crippen LogP contribution in [0, 0.1) is 0 Å². The Labute approximate surface area is 226 Å². The second kappa shape index (κ2) is 12.0. The van der Waals surface area contributed by atoms with Crippen molar-refractivity contribution in [2.24, 2.45) is 0 Å². The number of ether oxygens (including phenoxy) is 1. The van der Waals surface area contributed by atoms with Crippen molar-refractivity contribution in [3.63, 3.8) is 0 Å². The van der Waals surface area contributed by atoms with Crippen LogP contribution in [0.25, 0.3) is 20.2 Å². The monoisotopic (exact) mass is 522 g/mol. The molecule has 1 heterocycles. The van der Waals surface area contributed by atoms with E-state index in [1.54, 1.807) is 25.3 Å². The summed E-state index contributed by atoms with van der Waals surface area (Å²) in [7, 11) is 1.68. The van der Waals surface area contributed by atoms with Gasteiger partial charge in [-0.15, -0.1) is 11.3 Å². The number of hydrogen-bond acceptors (Lipinski definition) is 5. The minimum Gasteiger partial charge on any atom is -0.497 e. The second-order valence-corrected chi connectivity index (χ2v) is 10.3. The molecule has 0 aliphatic heterocycles. The van der Waals surface area contributed by atoms with Crippen molar-refractivity contribution in [1.29, 1.82) is 0 Å². The molecule has 0 atom stereocenters. The van der Waals surface area contributed by atoms with Crippen LogP contribution in [0.4, 0.5) is 5.69 Å². The van der Waals surface area contributed by atoms with Crippen molar-refractivity contribution in [1.82, 2.24) is 5.32 Å². The maximum absolute atomic E-state index is 13.1. The Bertz CT molecular complexity index is 1610. The van der Waals surface area contributed by atoms with Crippen molar-refractivity contribution < 1.29 is 9.53 Å². The van der Waals surface area contributed by atoms with Gasteiger partial charge in [-0.05, 0) is 92.0 Å². The third-order valence-corrected chi connectivity index (χ3v) is 7.85. The molecular weight excluding hydrogens is 492 g/mol. The third kappa shape index (κ3) is 5.93. The number of benzene rings is 4. The van der Waals surface area contributed by atoms with E-state index in [1.807, 2.05) is 60.7 Å². The SMILES string of the molecule is COc1ccc(CCCNCCc2ccc(NC(=O)c3cccc4c(=O)c5ccccc5sc34)cc2)cc1. The molecule has 5 rings (SSSR count). The highest BCUT2D eigenvalue weighted by atomic mass is 32.1. The predicted molar refractivity (Wildman–Crippen MR) is 158 cm³/mol. The second-order valence-electron chi connectivity index (χ2n) is 9.21. The molecule has 2 N–H and O–H groups in total. The summed E-state index contributed by atoms with van der Waals surface area (Å²) >= 11 is 1.48. The average molecular weight is 523 g/mol. The van der Waals surface area contributed by atoms with E-state index >= 15 is 0 Å². The van der Waals surface area contributed by atoms with E-state index in [1.165, 1.54) is 22.5 Å². The molecule has 0 spiro atoms. The fraction of sp³-hybridized carbons (Fsp3) is 0.188. The normalized spacial score (nSPS) is 11.1. The Morgan fingerprint density at radius 3 is 2.29 bits per heavy atom. The lowest BCUT2D eigenvalue weighted by Gasteiger charge is -2.10. The van der Waals surface area contributed by atoms with E-state index in [4.69, 9.17) is 4.74 Å². The molecule has 1 aromatic heterocycles. The molecule has 0 aliphatic carbocycles. The van der Waals surface area contributed by atoms with Crippen LogP contribution in [0.15, 0.2) is 95.8 Å². The largest absolute Gasteiger partial charge is 0.497 e. The fourth-order valence-corrected chi connectivity index (χ4v) is 5.70. The molecule has 0 aliphatic rings. The van der Waals surface area contributed by atoms with Crippen LogP contribution in [0.1, 0.15) is 27.9 Å². The van der Waals surface area contributed by atoms with Gasteiger partial charge in [0.2, 0.25) is 0 Å². The van der Waals surface area contributed by atoms with Crippen molar-refractivity contribution in [3.05, 3.63) is 118 Å². The molecular formula is C32H30N2O3S. The van der Waals surface area contributed by atoms with Gasteiger partial charge in [0.1, 0.15) is 5.75 Å². The van der Waals surface area contributed by atoms with Gasteiger partial charge in [-0.25, -0.2) is 0 Å². The Balaban J connectivity index is 1.14. The first kappa shape index (κ1) is 25.6. The summed E-state index contributed by atoms with van der Waals surface area (Å²) in [5.74, 6) is 0.672. The van der Waals surface area contributed by atoms with Gasteiger partial charge < -0.3 is 15.4 Å². The lowest BCUT2D eigenvalue weighted by molar-refractivity contribution is 0.102. The first-order chi connectivity index (χ1) is 18.6. The minimum atomic E-state index is -0.215. The number of aryl methyl sites for hydroxylation is 1. The van der Waals surface area contributed by atoms with E-state index in [0.717, 1.165) is 48.5 Å². The number of carbonyl (C=O) groups is 1. The summed E-state index contributed by atoms with van der Waals surface area (Å²) in [6.45, 7) is 1.86. The van der Waals surface area contributed by atoms with E-state index in [9.17, 15) is 9.59 Å². The van der Waals surface area contributed by atoms with Gasteiger partial charge in [-0.3, -0.25) is 9.59 Å². The Hall–Kier alpha value is -4.00. The molecule has 0 bridgehead atoms. The molecule has 5 nitrogen and oxygen atoms in total. The van der Waals surface area contributed by atoms with Gasteiger partial charge >= 0.3 is 0 Å². The quantitative estimate of drug-likeness (QED) is 0.164. The number of nitrogens with one attached hydrogen (secondary N) is 2. The van der Waals surface area contributed by atoms with Gasteiger partial charge in [-0.2, -0.15) is 0 Å². The van der Waals surface area contributed by atoms with E-state index in [0.29, 0.717) is 21.0 Å². The summed E-state index contributed by atoms with van der Waals surface area (Å²) in [5.41, 5.74) is 3.73. The zero-order valence-corrected chi connectivity index (χ0v) is 22.1. The van der Waals surface area contributed by atoms with E-state index < -0.39 is 0 Å². The van der Waals surface area contributed by atoms with Crippen molar-refractivity contribution in [3.8, 4) is 5.75 Å². The predicted octanol–water partition coefficient (Wildman–Crippen LogP) is 6.44. The highest BCUT2D eigenvalue weighted by Gasteiger charge is 2.14. The van der Waals surface area contributed by atoms with Crippen LogP contribution in [0.5, 0.6) is 5.75 Å². The first-order valence-corrected chi connectivity index (χ1v) is 13.6. The Morgan fingerprint density at radius 2 is 1.50 bits per heavy atom. The average Bonchev–Trinajstić information content (AvgIpc) is 2.96. The summed E-state index contributed by atoms with van der Waals surface area (Å²) < 4.78 is 6.79. The van der Waals surface area contributed by atoms with Gasteiger partial charge in [0.15, 0.2) is 5.43 Å². The van der Waals surface area contributed by atoms with Crippen LogP contribution in [0.3, 0.4) is 0 Å². The molecule has 6 heteroatoms. The van der Waals surface area contributed by atoms with Gasteiger partial charge in [0.05, 0.1) is 17.4 Å². The van der Waals surface area contributed by atoms with Crippen molar-refractivity contribution in [2.45, 2.75) is 19.3 Å². The topological polar surface area (TPSA) is 67.4 Å². The van der Waals surface area contributed by atoms with Crippen LogP contribution in [-0.4, -0.2) is 26.1 Å². The zero-order valence-electron chi connectivity index (χ0n) is 21.3. The van der Waals surface area contributed by atoms with Crippen molar-refractivity contribution in [2.75, 3.05) is 25.5 Å². The molecule has 4 aromatic carbocycles. The number of hydrogen-bond donors (Lipinski definition) is 2. The molecule has 0 saturated carbocycles. The first-order valence-electron chi connectivity index (χ1n) is 12.8. The summed E-state index contributed by atoms with van der Waals surface area (Å²) in [5, 5.41) is 7.77. The summed E-state index contributed by atoms with van der Waals surface area (Å²) in [6, 6.07) is 29.0. The molecule has 0 radical (unpaired) electrons. The summed E-state index contributed by atoms with van der Waals surface area (Å²) in [6.07, 6.45) is 3.03. The number of fused-ring (bicyclic) bond motifs is 2. The van der Waals surface area contributed by atoms with Crippen molar-refractivity contribution >= 4 is 43.1 Å². The highest BCUT2D eigenvalue weighted by Crippen LogP contribution is 2.28. The lowest BCUT2D eigenvalue weighted by Crippen LogP contribution is -2.19. The van der Waals surface area contributed by atoms with E-state index in [2.05, 4.69) is 22.8 Å². The van der Waals surface area contributed by atoms with Crippen LogP contribution < -0.4 is 20.8 Å². The number of carbonyl (C=O) groups excluding carboxylic acids is 1. The standard InChI is InChI=1S/C32H30N2O3S/c1-37-25-17-13-22(14-18-25)6-5-20-33-21-19-23-11-15-24(16-12-23)34-32(36)28-9-4-8-27-30(35)26-7-2-3-10-29(26)38-31(27)28/h2-4,7-18,33H,5-6,19-21H2,1H3,(H,34,36). The van der Waals surface area contributed by atoms with Crippen LogP contribution in [-0.2, 0) is 12.8 Å². The number of methoxy groups -OCH3 is 1. The number of anilines is 1. The maximum Gasteiger partial charge on any atom is 0.257 e. The molecule has 0 saturated heterocycles. The van der Waals surface area contributed by atoms with Gasteiger partial charge in [0, 0.05) is 21.2 Å². The van der Waals surface area contributed by atoms with Gasteiger partial charge in [-0.1, -0.05) is 42.5 Å². The maximum atomic E-state index is 13.1. The number of amides is 1. The molecule has 192 valence electrons. The minimum absolute atomic E-state index is 0.0392. The third-order valence-electron chi connectivity index (χ3n) is 6.63.